The van der Waals surface area contributed by atoms with Gasteiger partial charge in [0.05, 0.1) is 19.8 Å². The predicted octanol–water partition coefficient (Wildman–Crippen LogP) is 2.79. The summed E-state index contributed by atoms with van der Waals surface area (Å²) in [6.07, 6.45) is 3.15. The first-order valence-electron chi connectivity index (χ1n) is 7.62. The van der Waals surface area contributed by atoms with Crippen LogP contribution in [-0.2, 0) is 11.2 Å². The largest absolute Gasteiger partial charge is 0.493 e. The average molecular weight is 293 g/mol. The highest BCUT2D eigenvalue weighted by atomic mass is 16.5. The Morgan fingerprint density at radius 3 is 2.67 bits per heavy atom. The van der Waals surface area contributed by atoms with E-state index in [1.807, 2.05) is 6.07 Å². The lowest BCUT2D eigenvalue weighted by Gasteiger charge is -2.36. The van der Waals surface area contributed by atoms with Gasteiger partial charge < -0.3 is 19.5 Å². The molecule has 1 fully saturated rings. The summed E-state index contributed by atoms with van der Waals surface area (Å²) in [6, 6.07) is 6.66. The molecular weight excluding hydrogens is 266 g/mol. The highest BCUT2D eigenvalue weighted by Crippen LogP contribution is 2.28. The van der Waals surface area contributed by atoms with Crippen LogP contribution in [0, 0.1) is 0 Å². The number of hydrogen-bond donors (Lipinski definition) is 1. The van der Waals surface area contributed by atoms with Gasteiger partial charge in [-0.15, -0.1) is 0 Å². The molecule has 0 saturated carbocycles. The van der Waals surface area contributed by atoms with Gasteiger partial charge in [0.25, 0.3) is 0 Å². The predicted molar refractivity (Wildman–Crippen MR) is 84.3 cm³/mol. The molecular formula is C17H27NO3. The van der Waals surface area contributed by atoms with Crippen molar-refractivity contribution in [1.29, 1.82) is 0 Å². The fourth-order valence-electron chi connectivity index (χ4n) is 2.86. The molecule has 0 aromatic heterocycles. The number of benzene rings is 1. The molecule has 0 aliphatic carbocycles. The molecule has 1 aliphatic rings. The highest BCUT2D eigenvalue weighted by Gasteiger charge is 2.28. The molecule has 1 aliphatic heterocycles. The summed E-state index contributed by atoms with van der Waals surface area (Å²) >= 11 is 0. The molecule has 0 radical (unpaired) electrons. The zero-order valence-corrected chi connectivity index (χ0v) is 13.6. The third-order valence-corrected chi connectivity index (χ3v) is 3.99. The van der Waals surface area contributed by atoms with E-state index in [1.54, 1.807) is 14.2 Å². The van der Waals surface area contributed by atoms with Crippen molar-refractivity contribution >= 4 is 0 Å². The van der Waals surface area contributed by atoms with Gasteiger partial charge in [0, 0.05) is 12.6 Å². The number of rotatable bonds is 6. The van der Waals surface area contributed by atoms with Crippen molar-refractivity contribution in [3.05, 3.63) is 23.8 Å². The zero-order valence-electron chi connectivity index (χ0n) is 13.6. The minimum Gasteiger partial charge on any atom is -0.493 e. The van der Waals surface area contributed by atoms with Crippen molar-refractivity contribution in [2.24, 2.45) is 0 Å². The van der Waals surface area contributed by atoms with Gasteiger partial charge in [-0.1, -0.05) is 6.07 Å². The molecule has 1 aromatic rings. The van der Waals surface area contributed by atoms with Gasteiger partial charge in [0.1, 0.15) is 0 Å². The number of methoxy groups -OCH3 is 2. The molecule has 1 aromatic carbocycles. The van der Waals surface area contributed by atoms with Crippen LogP contribution >= 0.6 is 0 Å². The van der Waals surface area contributed by atoms with Gasteiger partial charge in [-0.3, -0.25) is 0 Å². The second-order valence-corrected chi connectivity index (χ2v) is 6.19. The first-order chi connectivity index (χ1) is 10.0. The van der Waals surface area contributed by atoms with Crippen molar-refractivity contribution in [3.63, 3.8) is 0 Å². The van der Waals surface area contributed by atoms with Gasteiger partial charge in [-0.25, -0.2) is 0 Å². The minimum absolute atomic E-state index is 0.000744. The molecule has 4 nitrogen and oxygen atoms in total. The second kappa shape index (κ2) is 7.14. The lowest BCUT2D eigenvalue weighted by molar-refractivity contribution is -0.0627. The van der Waals surface area contributed by atoms with Crippen molar-refractivity contribution in [2.45, 2.75) is 44.8 Å². The smallest absolute Gasteiger partial charge is 0.160 e. The monoisotopic (exact) mass is 293 g/mol. The van der Waals surface area contributed by atoms with Gasteiger partial charge in [0.2, 0.25) is 0 Å². The maximum Gasteiger partial charge on any atom is 0.160 e. The lowest BCUT2D eigenvalue weighted by Crippen LogP contribution is -2.44. The average Bonchev–Trinajstić information content (AvgIpc) is 2.46. The van der Waals surface area contributed by atoms with Gasteiger partial charge in [-0.2, -0.15) is 0 Å². The van der Waals surface area contributed by atoms with Crippen LogP contribution < -0.4 is 14.8 Å². The Bertz CT molecular complexity index is 459. The Morgan fingerprint density at radius 2 is 2.00 bits per heavy atom. The van der Waals surface area contributed by atoms with Crippen molar-refractivity contribution in [1.82, 2.24) is 5.32 Å². The van der Waals surface area contributed by atoms with Crippen LogP contribution in [0.25, 0.3) is 0 Å². The Hall–Kier alpha value is -1.26. The van der Waals surface area contributed by atoms with E-state index in [1.165, 1.54) is 5.56 Å². The van der Waals surface area contributed by atoms with Crippen molar-refractivity contribution in [2.75, 3.05) is 27.4 Å². The summed E-state index contributed by atoms with van der Waals surface area (Å²) in [5, 5.41) is 3.64. The fourth-order valence-corrected chi connectivity index (χ4v) is 2.86. The molecule has 21 heavy (non-hydrogen) atoms. The van der Waals surface area contributed by atoms with Crippen LogP contribution in [0.5, 0.6) is 11.5 Å². The van der Waals surface area contributed by atoms with E-state index in [2.05, 4.69) is 31.3 Å². The molecule has 118 valence electrons. The minimum atomic E-state index is -0.000744. The Morgan fingerprint density at radius 1 is 1.24 bits per heavy atom. The van der Waals surface area contributed by atoms with E-state index in [4.69, 9.17) is 14.2 Å². The van der Waals surface area contributed by atoms with Crippen molar-refractivity contribution < 1.29 is 14.2 Å². The van der Waals surface area contributed by atoms with E-state index in [-0.39, 0.29) is 5.60 Å². The first kappa shape index (κ1) is 16.1. The van der Waals surface area contributed by atoms with E-state index in [9.17, 15) is 0 Å². The standard InChI is InChI=1S/C17H27NO3/c1-17(2)12-14(8-10-21-17)18-9-7-13-5-6-15(19-3)16(11-13)20-4/h5-6,11,14,18H,7-10,12H2,1-4H3. The molecule has 1 heterocycles. The molecule has 1 atom stereocenters. The second-order valence-electron chi connectivity index (χ2n) is 6.19. The van der Waals surface area contributed by atoms with Crippen LogP contribution in [0.2, 0.25) is 0 Å². The Balaban J connectivity index is 1.83. The van der Waals surface area contributed by atoms with Crippen LogP contribution in [0.1, 0.15) is 32.3 Å². The number of hydrogen-bond acceptors (Lipinski definition) is 4. The summed E-state index contributed by atoms with van der Waals surface area (Å²) in [5.74, 6) is 1.57. The molecule has 0 spiro atoms. The number of nitrogens with one attached hydrogen (secondary N) is 1. The number of ether oxygens (including phenoxy) is 3. The fraction of sp³-hybridized carbons (Fsp3) is 0.647. The summed E-state index contributed by atoms with van der Waals surface area (Å²) in [7, 11) is 3.33. The zero-order chi connectivity index (χ0) is 15.3. The molecule has 0 bridgehead atoms. The van der Waals surface area contributed by atoms with Crippen molar-refractivity contribution in [3.8, 4) is 11.5 Å². The van der Waals surface area contributed by atoms with Crippen LogP contribution in [0.3, 0.4) is 0 Å². The molecule has 2 rings (SSSR count). The normalized spacial score (nSPS) is 21.0. The Labute approximate surface area is 127 Å². The topological polar surface area (TPSA) is 39.7 Å². The quantitative estimate of drug-likeness (QED) is 0.875. The van der Waals surface area contributed by atoms with Crippen LogP contribution in [-0.4, -0.2) is 39.0 Å². The SMILES string of the molecule is COc1ccc(CCNC2CCOC(C)(C)C2)cc1OC. The highest BCUT2D eigenvalue weighted by molar-refractivity contribution is 5.42. The van der Waals surface area contributed by atoms with Crippen LogP contribution in [0.4, 0.5) is 0 Å². The molecule has 4 heteroatoms. The van der Waals surface area contributed by atoms with E-state index >= 15 is 0 Å². The lowest BCUT2D eigenvalue weighted by atomic mass is 9.94. The maximum absolute atomic E-state index is 5.75. The van der Waals surface area contributed by atoms with E-state index in [0.717, 1.165) is 43.9 Å². The first-order valence-corrected chi connectivity index (χ1v) is 7.62. The van der Waals surface area contributed by atoms with Gasteiger partial charge in [0.15, 0.2) is 11.5 Å². The molecule has 1 N–H and O–H groups in total. The van der Waals surface area contributed by atoms with Gasteiger partial charge in [-0.05, 0) is 57.4 Å². The van der Waals surface area contributed by atoms with E-state index < -0.39 is 0 Å². The third-order valence-electron chi connectivity index (χ3n) is 3.99. The summed E-state index contributed by atoms with van der Waals surface area (Å²) in [5.41, 5.74) is 1.26. The van der Waals surface area contributed by atoms with E-state index in [0.29, 0.717) is 6.04 Å². The molecule has 1 saturated heterocycles. The summed E-state index contributed by atoms with van der Waals surface area (Å²) in [6.45, 7) is 6.14. The maximum atomic E-state index is 5.75. The summed E-state index contributed by atoms with van der Waals surface area (Å²) in [4.78, 5) is 0. The summed E-state index contributed by atoms with van der Waals surface area (Å²) < 4.78 is 16.3. The third kappa shape index (κ3) is 4.61. The molecule has 0 amide bonds. The molecule has 1 unspecified atom stereocenters. The van der Waals surface area contributed by atoms with Gasteiger partial charge >= 0.3 is 0 Å². The Kier molecular flexibility index (Phi) is 5.48. The van der Waals surface area contributed by atoms with Crippen LogP contribution in [0.15, 0.2) is 18.2 Å².